The van der Waals surface area contributed by atoms with Gasteiger partial charge in [-0.1, -0.05) is 12.1 Å². The normalized spacial score (nSPS) is 16.3. The second kappa shape index (κ2) is 10.0. The van der Waals surface area contributed by atoms with Crippen molar-refractivity contribution < 1.29 is 28.5 Å². The summed E-state index contributed by atoms with van der Waals surface area (Å²) in [5.41, 5.74) is 2.60. The average molecular weight is 437 g/mol. The van der Waals surface area contributed by atoms with Crippen molar-refractivity contribution >= 4 is 23.8 Å². The number of amides is 1. The summed E-state index contributed by atoms with van der Waals surface area (Å²) >= 11 is 0. The molecule has 0 radical (unpaired) electrons. The topological polar surface area (TPSA) is 74.3 Å². The molecule has 1 aliphatic rings. The lowest BCUT2D eigenvalue weighted by Crippen LogP contribution is -2.40. The molecule has 168 valence electrons. The number of hydrogen-bond acceptors (Lipinski definition) is 6. The molecule has 0 aliphatic carbocycles. The SMILES string of the molecule is COc1ccc(C=C2CN(C(C)=O)CC(=Cc3ccc(OC)c(OC)c3)C2=O)cc1OC. The Morgan fingerprint density at radius 1 is 0.750 bits per heavy atom. The molecule has 0 aromatic heterocycles. The number of methoxy groups -OCH3 is 4. The molecule has 0 N–H and O–H groups in total. The number of hydrogen-bond donors (Lipinski definition) is 0. The fourth-order valence-electron chi connectivity index (χ4n) is 3.55. The number of carbonyl (C=O) groups excluding carboxylic acids is 2. The predicted octanol–water partition coefficient (Wildman–Crippen LogP) is 3.62. The van der Waals surface area contributed by atoms with Crippen LogP contribution in [0.5, 0.6) is 23.0 Å². The van der Waals surface area contributed by atoms with Crippen LogP contribution in [0.1, 0.15) is 18.1 Å². The summed E-state index contributed by atoms with van der Waals surface area (Å²) in [5, 5.41) is 0. The molecule has 7 nitrogen and oxygen atoms in total. The van der Waals surface area contributed by atoms with Gasteiger partial charge in [0.15, 0.2) is 28.8 Å². The van der Waals surface area contributed by atoms with Gasteiger partial charge in [0, 0.05) is 31.2 Å². The summed E-state index contributed by atoms with van der Waals surface area (Å²) in [7, 11) is 6.25. The second-order valence-electron chi connectivity index (χ2n) is 7.27. The van der Waals surface area contributed by atoms with Gasteiger partial charge in [-0.25, -0.2) is 0 Å². The number of ether oxygens (including phenoxy) is 4. The number of rotatable bonds is 6. The lowest BCUT2D eigenvalue weighted by atomic mass is 9.94. The Morgan fingerprint density at radius 2 is 1.16 bits per heavy atom. The molecule has 0 unspecified atom stereocenters. The van der Waals surface area contributed by atoms with Crippen LogP contribution < -0.4 is 18.9 Å². The van der Waals surface area contributed by atoms with Gasteiger partial charge in [-0.3, -0.25) is 9.59 Å². The molecule has 32 heavy (non-hydrogen) atoms. The highest BCUT2D eigenvalue weighted by atomic mass is 16.5. The molecule has 3 rings (SSSR count). The van der Waals surface area contributed by atoms with Crippen molar-refractivity contribution in [2.24, 2.45) is 0 Å². The number of ketones is 1. The van der Waals surface area contributed by atoms with E-state index in [0.717, 1.165) is 11.1 Å². The highest BCUT2D eigenvalue weighted by Crippen LogP contribution is 2.31. The minimum absolute atomic E-state index is 0.103. The number of likely N-dealkylation sites (tertiary alicyclic amines) is 1. The number of carbonyl (C=O) groups is 2. The molecule has 1 fully saturated rings. The summed E-state index contributed by atoms with van der Waals surface area (Å²) in [6.07, 6.45) is 3.56. The zero-order valence-corrected chi connectivity index (χ0v) is 18.9. The molecular weight excluding hydrogens is 410 g/mol. The number of Topliss-reactive ketones (excluding diaryl/α,β-unsaturated/α-hetero) is 1. The first-order valence-electron chi connectivity index (χ1n) is 10.1. The van der Waals surface area contributed by atoms with Crippen molar-refractivity contribution in [3.63, 3.8) is 0 Å². The summed E-state index contributed by atoms with van der Waals surface area (Å²) in [4.78, 5) is 27.1. The van der Waals surface area contributed by atoms with Gasteiger partial charge in [-0.05, 0) is 47.5 Å². The van der Waals surface area contributed by atoms with E-state index in [1.165, 1.54) is 6.92 Å². The van der Waals surface area contributed by atoms with E-state index in [9.17, 15) is 9.59 Å². The summed E-state index contributed by atoms with van der Waals surface area (Å²) in [6.45, 7) is 1.98. The fourth-order valence-corrected chi connectivity index (χ4v) is 3.55. The zero-order chi connectivity index (χ0) is 23.3. The summed E-state index contributed by atoms with van der Waals surface area (Å²) < 4.78 is 21.3. The van der Waals surface area contributed by atoms with E-state index in [-0.39, 0.29) is 24.8 Å². The molecule has 0 bridgehead atoms. The third-order valence-corrected chi connectivity index (χ3v) is 5.25. The Morgan fingerprint density at radius 3 is 1.50 bits per heavy atom. The van der Waals surface area contributed by atoms with Crippen LogP contribution in [0.4, 0.5) is 0 Å². The first-order valence-corrected chi connectivity index (χ1v) is 10.1. The van der Waals surface area contributed by atoms with Gasteiger partial charge in [0.05, 0.1) is 28.4 Å². The van der Waals surface area contributed by atoms with E-state index in [2.05, 4.69) is 0 Å². The maximum Gasteiger partial charge on any atom is 0.220 e. The van der Waals surface area contributed by atoms with Gasteiger partial charge < -0.3 is 23.8 Å². The van der Waals surface area contributed by atoms with Gasteiger partial charge in [-0.2, -0.15) is 0 Å². The highest BCUT2D eigenvalue weighted by Gasteiger charge is 2.27. The minimum atomic E-state index is -0.105. The van der Waals surface area contributed by atoms with Crippen LogP contribution in [0.25, 0.3) is 12.2 Å². The van der Waals surface area contributed by atoms with Gasteiger partial charge in [0.2, 0.25) is 5.91 Å². The van der Waals surface area contributed by atoms with E-state index in [1.54, 1.807) is 69.8 Å². The van der Waals surface area contributed by atoms with Gasteiger partial charge in [-0.15, -0.1) is 0 Å². The second-order valence-corrected chi connectivity index (χ2v) is 7.27. The fraction of sp³-hybridized carbons (Fsp3) is 0.280. The number of piperidine rings is 1. The molecule has 1 heterocycles. The van der Waals surface area contributed by atoms with Gasteiger partial charge >= 0.3 is 0 Å². The maximum atomic E-state index is 13.3. The Kier molecular flexibility index (Phi) is 7.20. The minimum Gasteiger partial charge on any atom is -0.493 e. The van der Waals surface area contributed by atoms with Crippen LogP contribution >= 0.6 is 0 Å². The smallest absolute Gasteiger partial charge is 0.220 e. The molecule has 1 amide bonds. The van der Waals surface area contributed by atoms with E-state index in [0.29, 0.717) is 34.1 Å². The van der Waals surface area contributed by atoms with E-state index < -0.39 is 0 Å². The van der Waals surface area contributed by atoms with E-state index >= 15 is 0 Å². The van der Waals surface area contributed by atoms with E-state index in [4.69, 9.17) is 18.9 Å². The van der Waals surface area contributed by atoms with Crippen LogP contribution in [0.3, 0.4) is 0 Å². The first kappa shape index (κ1) is 22.9. The Balaban J connectivity index is 2.00. The van der Waals surface area contributed by atoms with Gasteiger partial charge in [0.25, 0.3) is 0 Å². The van der Waals surface area contributed by atoms with Gasteiger partial charge in [0.1, 0.15) is 0 Å². The number of nitrogens with zero attached hydrogens (tertiary/aromatic N) is 1. The first-order chi connectivity index (χ1) is 15.4. The maximum absolute atomic E-state index is 13.3. The Bertz CT molecular complexity index is 1010. The van der Waals surface area contributed by atoms with Crippen molar-refractivity contribution in [1.29, 1.82) is 0 Å². The molecule has 1 aliphatic heterocycles. The molecule has 2 aromatic carbocycles. The van der Waals surface area contributed by atoms with Crippen LogP contribution in [0.15, 0.2) is 47.5 Å². The molecule has 0 spiro atoms. The lowest BCUT2D eigenvalue weighted by Gasteiger charge is -2.29. The highest BCUT2D eigenvalue weighted by molar-refractivity contribution is 6.15. The Hall–Kier alpha value is -3.74. The molecule has 1 saturated heterocycles. The summed E-state index contributed by atoms with van der Waals surface area (Å²) in [5.74, 6) is 2.12. The molecule has 0 saturated carbocycles. The van der Waals surface area contributed by atoms with Crippen LogP contribution in [-0.2, 0) is 9.59 Å². The monoisotopic (exact) mass is 437 g/mol. The zero-order valence-electron chi connectivity index (χ0n) is 18.9. The van der Waals surface area contributed by atoms with Crippen LogP contribution in [-0.4, -0.2) is 58.1 Å². The molecule has 2 aromatic rings. The van der Waals surface area contributed by atoms with Crippen LogP contribution in [0, 0.1) is 0 Å². The van der Waals surface area contributed by atoms with E-state index in [1.807, 2.05) is 12.1 Å². The average Bonchev–Trinajstić information content (AvgIpc) is 2.81. The third-order valence-electron chi connectivity index (χ3n) is 5.25. The van der Waals surface area contributed by atoms with Crippen molar-refractivity contribution in [3.05, 3.63) is 58.7 Å². The quantitative estimate of drug-likeness (QED) is 0.643. The van der Waals surface area contributed by atoms with Crippen LogP contribution in [0.2, 0.25) is 0 Å². The predicted molar refractivity (Wildman–Crippen MR) is 122 cm³/mol. The molecule has 0 atom stereocenters. The third kappa shape index (κ3) is 4.94. The van der Waals surface area contributed by atoms with Crippen molar-refractivity contribution in [3.8, 4) is 23.0 Å². The van der Waals surface area contributed by atoms with Crippen molar-refractivity contribution in [2.45, 2.75) is 6.92 Å². The Labute approximate surface area is 187 Å². The standard InChI is InChI=1S/C25H27NO6/c1-16(27)26-14-19(10-17-6-8-21(29-2)23(12-17)31-4)25(28)20(15-26)11-18-7-9-22(30-3)24(13-18)32-5/h6-13H,14-15H2,1-5H3. The lowest BCUT2D eigenvalue weighted by molar-refractivity contribution is -0.129. The van der Waals surface area contributed by atoms with Crippen molar-refractivity contribution in [2.75, 3.05) is 41.5 Å². The summed E-state index contributed by atoms with van der Waals surface area (Å²) in [6, 6.07) is 10.8. The molecular formula is C25H27NO6. The van der Waals surface area contributed by atoms with Crippen molar-refractivity contribution in [1.82, 2.24) is 4.90 Å². The largest absolute Gasteiger partial charge is 0.493 e. The molecule has 7 heteroatoms. The number of benzene rings is 2.